The minimum atomic E-state index is -0.0568. The topological polar surface area (TPSA) is 77.8 Å². The van der Waals surface area contributed by atoms with Gasteiger partial charge in [0, 0.05) is 0 Å². The van der Waals surface area contributed by atoms with E-state index in [1.54, 1.807) is 17.1 Å². The molecule has 2 aromatic heterocycles. The molecule has 1 N–H and O–H groups in total. The van der Waals surface area contributed by atoms with Crippen molar-refractivity contribution in [2.75, 3.05) is 11.9 Å². The summed E-state index contributed by atoms with van der Waals surface area (Å²) in [5, 5.41) is 11.6. The highest BCUT2D eigenvalue weighted by Gasteiger charge is 2.12. The molecule has 0 bridgehead atoms. The van der Waals surface area contributed by atoms with Crippen molar-refractivity contribution in [3.63, 3.8) is 0 Å². The van der Waals surface area contributed by atoms with Crippen LogP contribution >= 0.6 is 0 Å². The van der Waals surface area contributed by atoms with Crippen molar-refractivity contribution in [3.05, 3.63) is 54.6 Å². The summed E-state index contributed by atoms with van der Waals surface area (Å²) in [4.78, 5) is 8.45. The molecule has 1 unspecified atom stereocenters. The van der Waals surface area contributed by atoms with Crippen molar-refractivity contribution < 1.29 is 4.74 Å². The highest BCUT2D eigenvalue weighted by Crippen LogP contribution is 2.18. The minimum absolute atomic E-state index is 0.0568. The smallest absolute Gasteiger partial charge is 0.234 e. The van der Waals surface area contributed by atoms with E-state index in [2.05, 4.69) is 25.6 Å². The van der Waals surface area contributed by atoms with Crippen LogP contribution in [-0.4, -0.2) is 31.6 Å². The number of hydrogen-bond acceptors (Lipinski definition) is 6. The van der Waals surface area contributed by atoms with E-state index >= 15 is 0 Å². The van der Waals surface area contributed by atoms with Crippen molar-refractivity contribution >= 4 is 5.82 Å². The molecule has 3 rings (SSSR count). The number of para-hydroxylation sites is 1. The van der Waals surface area contributed by atoms with Gasteiger partial charge in [0.05, 0.1) is 36.9 Å². The van der Waals surface area contributed by atoms with Crippen LogP contribution in [-0.2, 0) is 0 Å². The highest BCUT2D eigenvalue weighted by molar-refractivity contribution is 5.36. The molecule has 118 valence electrons. The lowest BCUT2D eigenvalue weighted by Crippen LogP contribution is -2.09. The Morgan fingerprint density at radius 2 is 2.04 bits per heavy atom. The Balaban J connectivity index is 1.72. The predicted octanol–water partition coefficient (Wildman–Crippen LogP) is 2.63. The molecule has 0 saturated carbocycles. The number of anilines is 1. The molecule has 3 aromatic rings. The Kier molecular flexibility index (Phi) is 4.46. The van der Waals surface area contributed by atoms with Gasteiger partial charge < -0.3 is 10.1 Å². The van der Waals surface area contributed by atoms with E-state index in [1.165, 1.54) is 0 Å². The number of rotatable bonds is 6. The zero-order valence-electron chi connectivity index (χ0n) is 13.0. The molecule has 0 saturated heterocycles. The summed E-state index contributed by atoms with van der Waals surface area (Å²) in [6.07, 6.45) is 5.14. The second-order valence-corrected chi connectivity index (χ2v) is 4.97. The first-order valence-electron chi connectivity index (χ1n) is 7.45. The van der Waals surface area contributed by atoms with E-state index in [0.29, 0.717) is 18.3 Å². The Morgan fingerprint density at radius 1 is 1.22 bits per heavy atom. The molecular weight excluding hydrogens is 292 g/mol. The summed E-state index contributed by atoms with van der Waals surface area (Å²) >= 11 is 0. The molecule has 23 heavy (non-hydrogen) atoms. The Labute approximate surface area is 134 Å². The SMILES string of the molecule is CCOc1cncc(NC(C)c2cn(-c3ccccc3)nn2)n1. The van der Waals surface area contributed by atoms with Gasteiger partial charge in [-0.1, -0.05) is 23.4 Å². The maximum atomic E-state index is 5.35. The van der Waals surface area contributed by atoms with Gasteiger partial charge >= 0.3 is 0 Å². The zero-order chi connectivity index (χ0) is 16.1. The third-order valence-corrected chi connectivity index (χ3v) is 3.24. The average molecular weight is 310 g/mol. The van der Waals surface area contributed by atoms with Crippen LogP contribution in [0.25, 0.3) is 5.69 Å². The summed E-state index contributed by atoms with van der Waals surface area (Å²) in [5.41, 5.74) is 1.79. The molecule has 1 aromatic carbocycles. The normalized spacial score (nSPS) is 11.9. The molecule has 7 nitrogen and oxygen atoms in total. The second kappa shape index (κ2) is 6.87. The van der Waals surface area contributed by atoms with E-state index in [0.717, 1.165) is 11.4 Å². The molecule has 7 heteroatoms. The van der Waals surface area contributed by atoms with Gasteiger partial charge in [-0.25, -0.2) is 4.68 Å². The Bertz CT molecular complexity index is 758. The zero-order valence-corrected chi connectivity index (χ0v) is 13.0. The van der Waals surface area contributed by atoms with Crippen molar-refractivity contribution in [2.45, 2.75) is 19.9 Å². The summed E-state index contributed by atoms with van der Waals surface area (Å²) in [6.45, 7) is 4.46. The van der Waals surface area contributed by atoms with Gasteiger partial charge in [0.15, 0.2) is 0 Å². The molecule has 0 fully saturated rings. The van der Waals surface area contributed by atoms with Gasteiger partial charge in [-0.3, -0.25) is 4.98 Å². The van der Waals surface area contributed by atoms with Gasteiger partial charge in [0.1, 0.15) is 11.5 Å². The Morgan fingerprint density at radius 3 is 2.83 bits per heavy atom. The number of ether oxygens (including phenoxy) is 1. The fraction of sp³-hybridized carbons (Fsp3) is 0.250. The van der Waals surface area contributed by atoms with Crippen LogP contribution < -0.4 is 10.1 Å². The van der Waals surface area contributed by atoms with Crippen LogP contribution in [0, 0.1) is 0 Å². The van der Waals surface area contributed by atoms with Gasteiger partial charge in [0.2, 0.25) is 5.88 Å². The third kappa shape index (κ3) is 3.63. The predicted molar refractivity (Wildman–Crippen MR) is 86.6 cm³/mol. The van der Waals surface area contributed by atoms with E-state index < -0.39 is 0 Å². The van der Waals surface area contributed by atoms with Gasteiger partial charge in [-0.15, -0.1) is 5.10 Å². The standard InChI is InChI=1S/C16H18N6O/c1-3-23-16-10-17-9-15(19-16)18-12(2)14-11-22(21-20-14)13-7-5-4-6-8-13/h4-12H,3H2,1-2H3,(H,18,19). The maximum absolute atomic E-state index is 5.35. The minimum Gasteiger partial charge on any atom is -0.477 e. The van der Waals surface area contributed by atoms with E-state index in [9.17, 15) is 0 Å². The van der Waals surface area contributed by atoms with Crippen molar-refractivity contribution in [1.29, 1.82) is 0 Å². The van der Waals surface area contributed by atoms with E-state index in [1.807, 2.05) is 50.4 Å². The molecular formula is C16H18N6O. The third-order valence-electron chi connectivity index (χ3n) is 3.24. The average Bonchev–Trinajstić information content (AvgIpc) is 3.06. The summed E-state index contributed by atoms with van der Waals surface area (Å²) < 4.78 is 7.10. The van der Waals surface area contributed by atoms with Crippen LogP contribution in [0.5, 0.6) is 5.88 Å². The van der Waals surface area contributed by atoms with E-state index in [-0.39, 0.29) is 6.04 Å². The van der Waals surface area contributed by atoms with Crippen LogP contribution in [0.3, 0.4) is 0 Å². The first kappa shape index (κ1) is 15.0. The summed E-state index contributed by atoms with van der Waals surface area (Å²) in [7, 11) is 0. The number of nitrogens with zero attached hydrogens (tertiary/aromatic N) is 5. The molecule has 0 spiro atoms. The molecule has 0 amide bonds. The molecule has 0 aliphatic carbocycles. The number of hydrogen-bond donors (Lipinski definition) is 1. The van der Waals surface area contributed by atoms with E-state index in [4.69, 9.17) is 4.74 Å². The molecule has 0 aliphatic rings. The Hall–Kier alpha value is -2.96. The molecule has 0 radical (unpaired) electrons. The fourth-order valence-corrected chi connectivity index (χ4v) is 2.11. The molecule has 2 heterocycles. The molecule has 0 aliphatic heterocycles. The fourth-order valence-electron chi connectivity index (χ4n) is 2.11. The first-order valence-corrected chi connectivity index (χ1v) is 7.45. The number of benzene rings is 1. The monoisotopic (exact) mass is 310 g/mol. The lowest BCUT2D eigenvalue weighted by Gasteiger charge is -2.12. The number of aromatic nitrogens is 5. The summed E-state index contributed by atoms with van der Waals surface area (Å²) in [5.74, 6) is 1.13. The van der Waals surface area contributed by atoms with Crippen molar-refractivity contribution in [2.24, 2.45) is 0 Å². The molecule has 1 atom stereocenters. The van der Waals surface area contributed by atoms with Gasteiger partial charge in [-0.05, 0) is 26.0 Å². The quantitative estimate of drug-likeness (QED) is 0.754. The van der Waals surface area contributed by atoms with Crippen LogP contribution in [0.15, 0.2) is 48.9 Å². The van der Waals surface area contributed by atoms with Crippen LogP contribution in [0.4, 0.5) is 5.82 Å². The maximum Gasteiger partial charge on any atom is 0.234 e. The van der Waals surface area contributed by atoms with Crippen molar-refractivity contribution in [3.8, 4) is 11.6 Å². The first-order chi connectivity index (χ1) is 11.3. The van der Waals surface area contributed by atoms with Gasteiger partial charge in [-0.2, -0.15) is 4.98 Å². The summed E-state index contributed by atoms with van der Waals surface area (Å²) in [6, 6.07) is 9.80. The number of nitrogens with one attached hydrogen (secondary N) is 1. The van der Waals surface area contributed by atoms with Crippen LogP contribution in [0.2, 0.25) is 0 Å². The second-order valence-electron chi connectivity index (χ2n) is 4.97. The lowest BCUT2D eigenvalue weighted by atomic mass is 10.2. The van der Waals surface area contributed by atoms with Crippen LogP contribution in [0.1, 0.15) is 25.6 Å². The lowest BCUT2D eigenvalue weighted by molar-refractivity contribution is 0.325. The largest absolute Gasteiger partial charge is 0.477 e. The van der Waals surface area contributed by atoms with Gasteiger partial charge in [0.25, 0.3) is 0 Å². The van der Waals surface area contributed by atoms with Crippen molar-refractivity contribution in [1.82, 2.24) is 25.0 Å². The highest BCUT2D eigenvalue weighted by atomic mass is 16.5.